The van der Waals surface area contributed by atoms with Gasteiger partial charge in [-0.05, 0) is 27.2 Å². The number of aromatic nitrogens is 1. The smallest absolute Gasteiger partial charge is 0.410 e. The van der Waals surface area contributed by atoms with Crippen molar-refractivity contribution in [2.24, 2.45) is 0 Å². The van der Waals surface area contributed by atoms with Gasteiger partial charge in [0.1, 0.15) is 5.60 Å². The molecule has 29 heavy (non-hydrogen) atoms. The van der Waals surface area contributed by atoms with Crippen molar-refractivity contribution in [3.05, 3.63) is 35.7 Å². The Labute approximate surface area is 174 Å². The number of benzene rings is 1. The Bertz CT molecular complexity index is 893. The number of carbonyl (C=O) groups excluding carboxylic acids is 2. The highest BCUT2D eigenvalue weighted by molar-refractivity contribution is 7.14. The van der Waals surface area contributed by atoms with E-state index in [-0.39, 0.29) is 18.2 Å². The molecule has 0 spiro atoms. The largest absolute Gasteiger partial charge is 0.444 e. The molecule has 0 radical (unpaired) electrons. The summed E-state index contributed by atoms with van der Waals surface area (Å²) in [5.74, 6) is 0. The topological polar surface area (TPSA) is 66.0 Å². The normalized spacial score (nSPS) is 19.9. The molecular weight excluding hydrogens is 388 g/mol. The van der Waals surface area contributed by atoms with E-state index in [1.54, 1.807) is 9.80 Å². The predicted molar refractivity (Wildman–Crippen MR) is 113 cm³/mol. The molecule has 2 saturated heterocycles. The minimum absolute atomic E-state index is 0.0218. The van der Waals surface area contributed by atoms with Crippen LogP contribution in [-0.4, -0.2) is 64.7 Å². The first-order valence-electron chi connectivity index (χ1n) is 9.89. The van der Waals surface area contributed by atoms with Crippen LogP contribution in [-0.2, 0) is 4.74 Å². The molecule has 4 rings (SSSR count). The lowest BCUT2D eigenvalue weighted by Gasteiger charge is -2.26. The van der Waals surface area contributed by atoms with Crippen LogP contribution in [0.3, 0.4) is 0 Å². The van der Waals surface area contributed by atoms with Gasteiger partial charge in [0.25, 0.3) is 0 Å². The van der Waals surface area contributed by atoms with Gasteiger partial charge < -0.3 is 14.5 Å². The van der Waals surface area contributed by atoms with Crippen molar-refractivity contribution in [2.75, 3.05) is 31.1 Å². The van der Waals surface area contributed by atoms with E-state index in [9.17, 15) is 9.59 Å². The molecule has 2 aromatic rings. The number of ether oxygens (including phenoxy) is 1. The summed E-state index contributed by atoms with van der Waals surface area (Å²) in [4.78, 5) is 35.3. The summed E-state index contributed by atoms with van der Waals surface area (Å²) in [7, 11) is 0. The second-order valence-corrected chi connectivity index (χ2v) is 9.21. The Balaban J connectivity index is 1.40. The Kier molecular flexibility index (Phi) is 5.21. The molecule has 1 unspecified atom stereocenters. The Morgan fingerprint density at radius 2 is 1.93 bits per heavy atom. The van der Waals surface area contributed by atoms with E-state index in [0.717, 1.165) is 22.8 Å². The standard InChI is InChI=1S/C21H26N4O3S/c1-21(2,3)28-20(27)23-10-9-16(13-23)24-11-12-25(19(24)26)18-22-17(14-29-18)15-7-5-4-6-8-15/h4-8,14,16H,9-13H2,1-3H3. The van der Waals surface area contributed by atoms with Crippen LogP contribution in [0.4, 0.5) is 14.7 Å². The summed E-state index contributed by atoms with van der Waals surface area (Å²) in [5, 5.41) is 2.71. The Hall–Kier alpha value is -2.61. The zero-order valence-electron chi connectivity index (χ0n) is 17.0. The maximum Gasteiger partial charge on any atom is 0.410 e. The van der Waals surface area contributed by atoms with Crippen LogP contribution in [0.15, 0.2) is 35.7 Å². The second kappa shape index (κ2) is 7.67. The summed E-state index contributed by atoms with van der Waals surface area (Å²) in [6.07, 6.45) is 0.460. The summed E-state index contributed by atoms with van der Waals surface area (Å²) in [6.45, 7) is 7.96. The van der Waals surface area contributed by atoms with Gasteiger partial charge in [-0.3, -0.25) is 4.90 Å². The lowest BCUT2D eigenvalue weighted by molar-refractivity contribution is 0.0284. The van der Waals surface area contributed by atoms with E-state index in [0.29, 0.717) is 26.2 Å². The van der Waals surface area contributed by atoms with Crippen molar-refractivity contribution in [3.8, 4) is 11.3 Å². The fourth-order valence-electron chi connectivity index (χ4n) is 3.69. The maximum absolute atomic E-state index is 13.0. The number of thiazole rings is 1. The fourth-order valence-corrected chi connectivity index (χ4v) is 4.54. The molecule has 1 aromatic carbocycles. The first-order chi connectivity index (χ1) is 13.8. The van der Waals surface area contributed by atoms with E-state index in [2.05, 4.69) is 4.98 Å². The highest BCUT2D eigenvalue weighted by atomic mass is 32.1. The van der Waals surface area contributed by atoms with Gasteiger partial charge in [0.2, 0.25) is 0 Å². The molecule has 154 valence electrons. The van der Waals surface area contributed by atoms with Crippen molar-refractivity contribution in [1.82, 2.24) is 14.8 Å². The first kappa shape index (κ1) is 19.7. The van der Waals surface area contributed by atoms with Crippen LogP contribution < -0.4 is 4.90 Å². The summed E-state index contributed by atoms with van der Waals surface area (Å²) < 4.78 is 5.46. The zero-order chi connectivity index (χ0) is 20.6. The maximum atomic E-state index is 13.0. The van der Waals surface area contributed by atoms with Gasteiger partial charge in [-0.25, -0.2) is 14.6 Å². The van der Waals surface area contributed by atoms with E-state index in [1.807, 2.05) is 61.4 Å². The Morgan fingerprint density at radius 1 is 1.17 bits per heavy atom. The highest BCUT2D eigenvalue weighted by Gasteiger charge is 2.40. The van der Waals surface area contributed by atoms with Crippen molar-refractivity contribution in [3.63, 3.8) is 0 Å². The van der Waals surface area contributed by atoms with Gasteiger partial charge in [0, 0.05) is 37.1 Å². The number of nitrogens with zero attached hydrogens (tertiary/aromatic N) is 4. The monoisotopic (exact) mass is 414 g/mol. The van der Waals surface area contributed by atoms with Crippen molar-refractivity contribution < 1.29 is 14.3 Å². The average Bonchev–Trinajstić information content (AvgIpc) is 3.40. The molecule has 7 nitrogen and oxygen atoms in total. The molecule has 1 aromatic heterocycles. The molecule has 0 saturated carbocycles. The van der Waals surface area contributed by atoms with E-state index >= 15 is 0 Å². The fraction of sp³-hybridized carbons (Fsp3) is 0.476. The van der Waals surface area contributed by atoms with Gasteiger partial charge in [0.05, 0.1) is 11.7 Å². The molecule has 3 heterocycles. The molecule has 1 atom stereocenters. The molecule has 0 N–H and O–H groups in total. The van der Waals surface area contributed by atoms with Crippen molar-refractivity contribution in [1.29, 1.82) is 0 Å². The van der Waals surface area contributed by atoms with E-state index in [4.69, 9.17) is 4.74 Å². The lowest BCUT2D eigenvalue weighted by Crippen LogP contribution is -2.42. The molecule has 2 aliphatic rings. The highest BCUT2D eigenvalue weighted by Crippen LogP contribution is 2.31. The molecule has 2 fully saturated rings. The molecule has 2 aliphatic heterocycles. The van der Waals surface area contributed by atoms with Crippen LogP contribution in [0.1, 0.15) is 27.2 Å². The number of urea groups is 1. The average molecular weight is 415 g/mol. The SMILES string of the molecule is CC(C)(C)OC(=O)N1CCC(N2CCN(c3nc(-c4ccccc4)cs3)C2=O)C1. The van der Waals surface area contributed by atoms with Crippen LogP contribution in [0.25, 0.3) is 11.3 Å². The summed E-state index contributed by atoms with van der Waals surface area (Å²) >= 11 is 1.48. The minimum Gasteiger partial charge on any atom is -0.444 e. The summed E-state index contributed by atoms with van der Waals surface area (Å²) in [6, 6.07) is 9.95. The predicted octanol–water partition coefficient (Wildman–Crippen LogP) is 4.06. The molecule has 0 bridgehead atoms. The van der Waals surface area contributed by atoms with Crippen LogP contribution in [0, 0.1) is 0 Å². The van der Waals surface area contributed by atoms with Gasteiger partial charge >= 0.3 is 12.1 Å². The molecule has 8 heteroatoms. The third-order valence-corrected chi connectivity index (χ3v) is 5.95. The Morgan fingerprint density at radius 3 is 2.66 bits per heavy atom. The number of hydrogen-bond donors (Lipinski definition) is 0. The van der Waals surface area contributed by atoms with E-state index in [1.165, 1.54) is 11.3 Å². The number of carbonyl (C=O) groups is 2. The number of hydrogen-bond acceptors (Lipinski definition) is 5. The summed E-state index contributed by atoms with van der Waals surface area (Å²) in [5.41, 5.74) is 1.41. The number of anilines is 1. The number of amides is 3. The van der Waals surface area contributed by atoms with Crippen LogP contribution in [0.2, 0.25) is 0 Å². The third kappa shape index (κ3) is 4.22. The number of likely N-dealkylation sites (tertiary alicyclic amines) is 1. The molecule has 0 aliphatic carbocycles. The van der Waals surface area contributed by atoms with Crippen LogP contribution in [0.5, 0.6) is 0 Å². The number of rotatable bonds is 3. The lowest BCUT2D eigenvalue weighted by atomic mass is 10.2. The van der Waals surface area contributed by atoms with Gasteiger partial charge in [-0.15, -0.1) is 11.3 Å². The van der Waals surface area contributed by atoms with Crippen molar-refractivity contribution >= 4 is 28.6 Å². The first-order valence-corrected chi connectivity index (χ1v) is 10.8. The van der Waals surface area contributed by atoms with Gasteiger partial charge in [-0.1, -0.05) is 30.3 Å². The van der Waals surface area contributed by atoms with Crippen LogP contribution >= 0.6 is 11.3 Å². The van der Waals surface area contributed by atoms with Crippen molar-refractivity contribution in [2.45, 2.75) is 38.8 Å². The zero-order valence-corrected chi connectivity index (χ0v) is 17.8. The van der Waals surface area contributed by atoms with Gasteiger partial charge in [0.15, 0.2) is 5.13 Å². The molecular formula is C21H26N4O3S. The minimum atomic E-state index is -0.517. The van der Waals surface area contributed by atoms with E-state index < -0.39 is 5.60 Å². The molecule has 3 amide bonds. The third-order valence-electron chi connectivity index (χ3n) is 5.09. The van der Waals surface area contributed by atoms with Gasteiger partial charge in [-0.2, -0.15) is 0 Å². The second-order valence-electron chi connectivity index (χ2n) is 8.38. The quantitative estimate of drug-likeness (QED) is 0.760.